The Morgan fingerprint density at radius 1 is 1.30 bits per heavy atom. The van der Waals surface area contributed by atoms with Gasteiger partial charge in [0.1, 0.15) is 0 Å². The quantitative estimate of drug-likeness (QED) is 0.466. The third kappa shape index (κ3) is 8.61. The fraction of sp³-hybridized carbons (Fsp3) is 0.714. The summed E-state index contributed by atoms with van der Waals surface area (Å²) >= 11 is 16.6. The van der Waals surface area contributed by atoms with E-state index in [1.165, 1.54) is 5.57 Å². The Morgan fingerprint density at radius 3 is 2.10 bits per heavy atom. The zero-order valence-electron chi connectivity index (χ0n) is 6.13. The van der Waals surface area contributed by atoms with Crippen molar-refractivity contribution in [2.24, 2.45) is 0 Å². The summed E-state index contributed by atoms with van der Waals surface area (Å²) in [6.07, 6.45) is 3.48. The Labute approximate surface area is 77.1 Å². The lowest BCUT2D eigenvalue weighted by atomic mass is 10.2. The Bertz CT molecular complexity index is 117. The molecular formula is C7H11Cl3. The molecule has 0 aliphatic heterocycles. The van der Waals surface area contributed by atoms with Crippen molar-refractivity contribution < 1.29 is 0 Å². The topological polar surface area (TPSA) is 0 Å². The molecule has 0 aliphatic rings. The first-order chi connectivity index (χ1) is 4.42. The molecule has 0 aromatic carbocycles. The number of hydrogen-bond acceptors (Lipinski definition) is 0. The van der Waals surface area contributed by atoms with Crippen LogP contribution in [0, 0.1) is 0 Å². The van der Waals surface area contributed by atoms with Gasteiger partial charge < -0.3 is 0 Å². The predicted molar refractivity (Wildman–Crippen MR) is 49.0 cm³/mol. The zero-order chi connectivity index (χ0) is 8.20. The van der Waals surface area contributed by atoms with E-state index in [4.69, 9.17) is 34.8 Å². The van der Waals surface area contributed by atoms with Crippen LogP contribution in [-0.2, 0) is 0 Å². The zero-order valence-corrected chi connectivity index (χ0v) is 8.39. The van der Waals surface area contributed by atoms with Crippen molar-refractivity contribution in [2.45, 2.75) is 30.5 Å². The molecule has 0 heterocycles. The first kappa shape index (κ1) is 10.6. The Hall–Kier alpha value is 0.610. The van der Waals surface area contributed by atoms with Crippen molar-refractivity contribution in [1.29, 1.82) is 0 Å². The van der Waals surface area contributed by atoms with Gasteiger partial charge in [0.2, 0.25) is 0 Å². The summed E-state index contributed by atoms with van der Waals surface area (Å²) < 4.78 is -1.09. The average Bonchev–Trinajstić information content (AvgIpc) is 1.59. The highest BCUT2D eigenvalue weighted by Crippen LogP contribution is 2.31. The highest BCUT2D eigenvalue weighted by atomic mass is 35.6. The van der Waals surface area contributed by atoms with Crippen LogP contribution in [0.15, 0.2) is 11.6 Å². The van der Waals surface area contributed by atoms with Gasteiger partial charge in [-0.3, -0.25) is 0 Å². The lowest BCUT2D eigenvalue weighted by molar-refractivity contribution is 0.872. The van der Waals surface area contributed by atoms with Crippen molar-refractivity contribution in [1.82, 2.24) is 0 Å². The SMILES string of the molecule is CC(C)=CCCC(Cl)(Cl)Cl. The van der Waals surface area contributed by atoms with Crippen molar-refractivity contribution in [3.63, 3.8) is 0 Å². The van der Waals surface area contributed by atoms with Crippen LogP contribution < -0.4 is 0 Å². The van der Waals surface area contributed by atoms with Gasteiger partial charge in [0.05, 0.1) is 0 Å². The molecular weight excluding hydrogens is 190 g/mol. The lowest BCUT2D eigenvalue weighted by Crippen LogP contribution is -1.99. The van der Waals surface area contributed by atoms with Crippen LogP contribution in [0.25, 0.3) is 0 Å². The molecule has 0 aromatic heterocycles. The van der Waals surface area contributed by atoms with Crippen LogP contribution in [0.5, 0.6) is 0 Å². The minimum Gasteiger partial charge on any atom is -0.0857 e. The maximum Gasteiger partial charge on any atom is 0.190 e. The Morgan fingerprint density at radius 2 is 1.80 bits per heavy atom. The summed E-state index contributed by atoms with van der Waals surface area (Å²) in [6, 6.07) is 0. The molecule has 0 saturated carbocycles. The number of allylic oxidation sites excluding steroid dienone is 2. The standard InChI is InChI=1S/C7H11Cl3/c1-6(2)4-3-5-7(8,9)10/h4H,3,5H2,1-2H3. The van der Waals surface area contributed by atoms with Gasteiger partial charge >= 0.3 is 0 Å². The molecule has 0 amide bonds. The minimum absolute atomic E-state index is 0.586. The van der Waals surface area contributed by atoms with Gasteiger partial charge in [0.25, 0.3) is 0 Å². The molecule has 60 valence electrons. The molecule has 0 rings (SSSR count). The van der Waals surface area contributed by atoms with Crippen LogP contribution in [0.1, 0.15) is 26.7 Å². The molecule has 0 bridgehead atoms. The summed E-state index contributed by atoms with van der Waals surface area (Å²) in [6.45, 7) is 4.05. The smallest absolute Gasteiger partial charge is 0.0857 e. The Balaban J connectivity index is 3.47. The molecule has 0 nitrogen and oxygen atoms in total. The van der Waals surface area contributed by atoms with Crippen molar-refractivity contribution >= 4 is 34.8 Å². The number of hydrogen-bond donors (Lipinski definition) is 0. The lowest BCUT2D eigenvalue weighted by Gasteiger charge is -2.07. The van der Waals surface area contributed by atoms with E-state index in [1.807, 2.05) is 13.8 Å². The monoisotopic (exact) mass is 200 g/mol. The summed E-state index contributed by atoms with van der Waals surface area (Å²) in [7, 11) is 0. The molecule has 0 unspecified atom stereocenters. The second kappa shape index (κ2) is 4.48. The van der Waals surface area contributed by atoms with E-state index >= 15 is 0 Å². The van der Waals surface area contributed by atoms with Gasteiger partial charge in [0.15, 0.2) is 3.79 Å². The van der Waals surface area contributed by atoms with E-state index in [-0.39, 0.29) is 0 Å². The van der Waals surface area contributed by atoms with E-state index in [2.05, 4.69) is 6.08 Å². The van der Waals surface area contributed by atoms with Crippen LogP contribution in [0.3, 0.4) is 0 Å². The molecule has 0 spiro atoms. The minimum atomic E-state index is -1.09. The maximum atomic E-state index is 5.52. The van der Waals surface area contributed by atoms with Gasteiger partial charge in [-0.15, -0.1) is 0 Å². The summed E-state index contributed by atoms with van der Waals surface area (Å²) in [4.78, 5) is 0. The highest BCUT2D eigenvalue weighted by molar-refractivity contribution is 6.67. The largest absolute Gasteiger partial charge is 0.190 e. The Kier molecular flexibility index (Phi) is 4.75. The van der Waals surface area contributed by atoms with Gasteiger partial charge in [-0.05, 0) is 26.7 Å². The van der Waals surface area contributed by atoms with E-state index in [0.29, 0.717) is 6.42 Å². The van der Waals surface area contributed by atoms with Gasteiger partial charge in [-0.2, -0.15) is 0 Å². The molecule has 0 saturated heterocycles. The van der Waals surface area contributed by atoms with Crippen molar-refractivity contribution in [3.05, 3.63) is 11.6 Å². The molecule has 0 N–H and O–H groups in total. The third-order valence-electron chi connectivity index (χ3n) is 0.980. The third-order valence-corrected chi connectivity index (χ3v) is 1.55. The van der Waals surface area contributed by atoms with E-state index in [0.717, 1.165) is 6.42 Å². The highest BCUT2D eigenvalue weighted by Gasteiger charge is 2.17. The van der Waals surface area contributed by atoms with Gasteiger partial charge in [-0.25, -0.2) is 0 Å². The number of halogens is 3. The second-order valence-electron chi connectivity index (χ2n) is 2.44. The molecule has 0 atom stereocenters. The summed E-state index contributed by atoms with van der Waals surface area (Å²) in [5, 5.41) is 0. The fourth-order valence-electron chi connectivity index (χ4n) is 0.525. The van der Waals surface area contributed by atoms with Crippen LogP contribution >= 0.6 is 34.8 Å². The first-order valence-electron chi connectivity index (χ1n) is 3.12. The first-order valence-corrected chi connectivity index (χ1v) is 4.25. The predicted octanol–water partition coefficient (Wildman–Crippen LogP) is 4.10. The molecule has 0 aliphatic carbocycles. The average molecular weight is 202 g/mol. The van der Waals surface area contributed by atoms with Crippen LogP contribution in [-0.4, -0.2) is 3.79 Å². The number of rotatable bonds is 2. The summed E-state index contributed by atoms with van der Waals surface area (Å²) in [5.41, 5.74) is 1.26. The molecule has 3 heteroatoms. The fourth-order valence-corrected chi connectivity index (χ4v) is 0.852. The van der Waals surface area contributed by atoms with Crippen molar-refractivity contribution in [3.8, 4) is 0 Å². The van der Waals surface area contributed by atoms with E-state index in [1.54, 1.807) is 0 Å². The normalized spacial score (nSPS) is 11.3. The molecule has 0 aromatic rings. The number of alkyl halides is 3. The van der Waals surface area contributed by atoms with Crippen LogP contribution in [0.4, 0.5) is 0 Å². The summed E-state index contributed by atoms with van der Waals surface area (Å²) in [5.74, 6) is 0. The maximum absolute atomic E-state index is 5.52. The van der Waals surface area contributed by atoms with Gasteiger partial charge in [-0.1, -0.05) is 46.5 Å². The second-order valence-corrected chi connectivity index (χ2v) is 4.95. The molecule has 10 heavy (non-hydrogen) atoms. The van der Waals surface area contributed by atoms with Crippen molar-refractivity contribution in [2.75, 3.05) is 0 Å². The van der Waals surface area contributed by atoms with E-state index < -0.39 is 3.79 Å². The molecule has 0 radical (unpaired) electrons. The van der Waals surface area contributed by atoms with Crippen LogP contribution in [0.2, 0.25) is 0 Å². The molecule has 0 fully saturated rings. The van der Waals surface area contributed by atoms with Gasteiger partial charge in [0, 0.05) is 0 Å². The van der Waals surface area contributed by atoms with E-state index in [9.17, 15) is 0 Å².